The smallest absolute Gasteiger partial charge is 0.233 e. The maximum absolute atomic E-state index is 12.5. The molecular formula is C16H14ClN3OS. The summed E-state index contributed by atoms with van der Waals surface area (Å²) < 4.78 is 1.04. The Bertz CT molecular complexity index is 801. The van der Waals surface area contributed by atoms with E-state index in [1.165, 1.54) is 11.3 Å². The molecule has 0 unspecified atom stereocenters. The van der Waals surface area contributed by atoms with Gasteiger partial charge in [0.25, 0.3) is 0 Å². The molecule has 22 heavy (non-hydrogen) atoms. The van der Waals surface area contributed by atoms with E-state index in [1.807, 2.05) is 30.3 Å². The molecule has 112 valence electrons. The molecule has 1 aromatic heterocycles. The van der Waals surface area contributed by atoms with E-state index in [9.17, 15) is 4.79 Å². The SMILES string of the molecule is NC[C@@H](C(=O)Nc1ccc2ncsc2c1)c1ccc(Cl)cc1. The second-order valence-corrected chi connectivity index (χ2v) is 6.19. The first-order valence-electron chi connectivity index (χ1n) is 6.77. The van der Waals surface area contributed by atoms with Crippen LogP contribution in [0.1, 0.15) is 11.5 Å². The van der Waals surface area contributed by atoms with Gasteiger partial charge in [0.05, 0.1) is 21.6 Å². The molecule has 4 nitrogen and oxygen atoms in total. The lowest BCUT2D eigenvalue weighted by atomic mass is 9.98. The first-order valence-corrected chi connectivity index (χ1v) is 8.03. The minimum atomic E-state index is -0.408. The highest BCUT2D eigenvalue weighted by molar-refractivity contribution is 7.16. The van der Waals surface area contributed by atoms with E-state index >= 15 is 0 Å². The van der Waals surface area contributed by atoms with Crippen LogP contribution in [0.4, 0.5) is 5.69 Å². The highest BCUT2D eigenvalue weighted by atomic mass is 35.5. The van der Waals surface area contributed by atoms with Gasteiger partial charge in [-0.3, -0.25) is 4.79 Å². The van der Waals surface area contributed by atoms with E-state index in [4.69, 9.17) is 17.3 Å². The Morgan fingerprint density at radius 2 is 2.05 bits per heavy atom. The second kappa shape index (κ2) is 6.44. The van der Waals surface area contributed by atoms with Gasteiger partial charge in [-0.15, -0.1) is 11.3 Å². The summed E-state index contributed by atoms with van der Waals surface area (Å²) in [5, 5.41) is 3.55. The van der Waals surface area contributed by atoms with E-state index in [1.54, 1.807) is 17.6 Å². The molecule has 0 aliphatic heterocycles. The van der Waals surface area contributed by atoms with Crippen LogP contribution in [0.2, 0.25) is 5.02 Å². The van der Waals surface area contributed by atoms with Crippen molar-refractivity contribution in [3.8, 4) is 0 Å². The second-order valence-electron chi connectivity index (χ2n) is 4.86. The molecule has 1 amide bonds. The maximum Gasteiger partial charge on any atom is 0.233 e. The van der Waals surface area contributed by atoms with Crippen LogP contribution in [0.3, 0.4) is 0 Å². The van der Waals surface area contributed by atoms with Crippen LogP contribution < -0.4 is 11.1 Å². The van der Waals surface area contributed by atoms with Gasteiger partial charge in [0.1, 0.15) is 0 Å². The van der Waals surface area contributed by atoms with Crippen molar-refractivity contribution in [3.63, 3.8) is 0 Å². The highest BCUT2D eigenvalue weighted by Gasteiger charge is 2.19. The van der Waals surface area contributed by atoms with Gasteiger partial charge < -0.3 is 11.1 Å². The van der Waals surface area contributed by atoms with Gasteiger partial charge in [-0.05, 0) is 35.9 Å². The van der Waals surface area contributed by atoms with Crippen molar-refractivity contribution in [2.24, 2.45) is 5.73 Å². The molecule has 2 aromatic carbocycles. The molecular weight excluding hydrogens is 318 g/mol. The number of fused-ring (bicyclic) bond motifs is 1. The number of nitrogens with zero attached hydrogens (tertiary/aromatic N) is 1. The number of rotatable bonds is 4. The summed E-state index contributed by atoms with van der Waals surface area (Å²) in [6.07, 6.45) is 0. The lowest BCUT2D eigenvalue weighted by Crippen LogP contribution is -2.27. The Kier molecular flexibility index (Phi) is 4.38. The Labute approximate surface area is 136 Å². The van der Waals surface area contributed by atoms with Gasteiger partial charge in [-0.1, -0.05) is 23.7 Å². The van der Waals surface area contributed by atoms with Gasteiger partial charge in [-0.2, -0.15) is 0 Å². The first-order chi connectivity index (χ1) is 10.7. The van der Waals surface area contributed by atoms with Crippen LogP contribution >= 0.6 is 22.9 Å². The van der Waals surface area contributed by atoms with Crippen molar-refractivity contribution in [2.45, 2.75) is 5.92 Å². The molecule has 0 aliphatic carbocycles. The average Bonchev–Trinajstić information content (AvgIpc) is 2.97. The lowest BCUT2D eigenvalue weighted by molar-refractivity contribution is -0.117. The van der Waals surface area contributed by atoms with Crippen molar-refractivity contribution in [3.05, 3.63) is 58.6 Å². The Morgan fingerprint density at radius 3 is 2.77 bits per heavy atom. The van der Waals surface area contributed by atoms with Crippen LogP contribution in [0.5, 0.6) is 0 Å². The number of hydrogen-bond acceptors (Lipinski definition) is 4. The zero-order valence-electron chi connectivity index (χ0n) is 11.6. The summed E-state index contributed by atoms with van der Waals surface area (Å²) in [7, 11) is 0. The summed E-state index contributed by atoms with van der Waals surface area (Å²) in [5.41, 5.74) is 10.1. The largest absolute Gasteiger partial charge is 0.329 e. The van der Waals surface area contributed by atoms with E-state index in [-0.39, 0.29) is 12.5 Å². The van der Waals surface area contributed by atoms with Crippen LogP contribution in [0, 0.1) is 0 Å². The third kappa shape index (κ3) is 3.11. The number of anilines is 1. The topological polar surface area (TPSA) is 68.0 Å². The molecule has 0 bridgehead atoms. The van der Waals surface area contributed by atoms with E-state index in [2.05, 4.69) is 10.3 Å². The predicted octanol–water partition coefficient (Wildman–Crippen LogP) is 3.63. The summed E-state index contributed by atoms with van der Waals surface area (Å²) in [4.78, 5) is 16.7. The van der Waals surface area contributed by atoms with Gasteiger partial charge in [0, 0.05) is 17.3 Å². The molecule has 0 spiro atoms. The normalized spacial score (nSPS) is 12.3. The Morgan fingerprint density at radius 1 is 1.27 bits per heavy atom. The van der Waals surface area contributed by atoms with Crippen LogP contribution in [0.25, 0.3) is 10.2 Å². The van der Waals surface area contributed by atoms with Gasteiger partial charge in [-0.25, -0.2) is 4.98 Å². The molecule has 0 fully saturated rings. The average molecular weight is 332 g/mol. The van der Waals surface area contributed by atoms with Gasteiger partial charge in [0.15, 0.2) is 0 Å². The molecule has 0 aliphatic rings. The Balaban J connectivity index is 1.80. The fraction of sp³-hybridized carbons (Fsp3) is 0.125. The number of thiazole rings is 1. The highest BCUT2D eigenvalue weighted by Crippen LogP contribution is 2.24. The van der Waals surface area contributed by atoms with E-state index in [0.29, 0.717) is 5.02 Å². The number of benzene rings is 2. The van der Waals surface area contributed by atoms with Crippen molar-refractivity contribution < 1.29 is 4.79 Å². The molecule has 3 N–H and O–H groups in total. The third-order valence-corrected chi connectivity index (χ3v) is 4.47. The molecule has 1 heterocycles. The molecule has 0 radical (unpaired) electrons. The number of hydrogen-bond donors (Lipinski definition) is 2. The minimum absolute atomic E-state index is 0.131. The van der Waals surface area contributed by atoms with Crippen LogP contribution in [-0.2, 0) is 4.79 Å². The number of nitrogens with two attached hydrogens (primary N) is 1. The quantitative estimate of drug-likeness (QED) is 0.767. The number of amides is 1. The third-order valence-electron chi connectivity index (χ3n) is 3.42. The lowest BCUT2D eigenvalue weighted by Gasteiger charge is -2.15. The van der Waals surface area contributed by atoms with E-state index < -0.39 is 5.92 Å². The van der Waals surface area contributed by atoms with Crippen molar-refractivity contribution in [1.82, 2.24) is 4.98 Å². The molecule has 3 rings (SSSR count). The maximum atomic E-state index is 12.5. The van der Waals surface area contributed by atoms with E-state index in [0.717, 1.165) is 21.5 Å². The summed E-state index contributed by atoms with van der Waals surface area (Å²) >= 11 is 7.42. The van der Waals surface area contributed by atoms with Crippen LogP contribution in [-0.4, -0.2) is 17.4 Å². The number of carbonyl (C=O) groups excluding carboxylic acids is 1. The molecule has 1 atom stereocenters. The summed E-state index contributed by atoms with van der Waals surface area (Å²) in [5.74, 6) is -0.539. The molecule has 0 saturated heterocycles. The fourth-order valence-corrected chi connectivity index (χ4v) is 3.09. The molecule has 0 saturated carbocycles. The van der Waals surface area contributed by atoms with Crippen molar-refractivity contribution in [2.75, 3.05) is 11.9 Å². The van der Waals surface area contributed by atoms with Crippen molar-refractivity contribution in [1.29, 1.82) is 0 Å². The molecule has 6 heteroatoms. The zero-order chi connectivity index (χ0) is 15.5. The van der Waals surface area contributed by atoms with Gasteiger partial charge in [0.2, 0.25) is 5.91 Å². The monoisotopic (exact) mass is 331 g/mol. The number of nitrogens with one attached hydrogen (secondary N) is 1. The standard InChI is InChI=1S/C16H14ClN3OS/c17-11-3-1-10(2-4-11)13(8-18)16(21)20-12-5-6-14-15(7-12)22-9-19-14/h1-7,9,13H,8,18H2,(H,20,21)/t13-/m1/s1. The predicted molar refractivity (Wildman–Crippen MR) is 91.5 cm³/mol. The fourth-order valence-electron chi connectivity index (χ4n) is 2.25. The number of carbonyl (C=O) groups is 1. The summed E-state index contributed by atoms with van der Waals surface area (Å²) in [6.45, 7) is 0.232. The minimum Gasteiger partial charge on any atom is -0.329 e. The Hall–Kier alpha value is -1.95. The first kappa shape index (κ1) is 15.0. The summed E-state index contributed by atoms with van der Waals surface area (Å²) in [6, 6.07) is 12.8. The van der Waals surface area contributed by atoms with Gasteiger partial charge >= 0.3 is 0 Å². The van der Waals surface area contributed by atoms with Crippen molar-refractivity contribution >= 4 is 44.7 Å². The molecule has 3 aromatic rings. The zero-order valence-corrected chi connectivity index (χ0v) is 13.2. The number of aromatic nitrogens is 1. The van der Waals surface area contributed by atoms with Crippen LogP contribution in [0.15, 0.2) is 48.0 Å². The number of halogens is 1.